The van der Waals surface area contributed by atoms with E-state index in [4.69, 9.17) is 5.11 Å². The van der Waals surface area contributed by atoms with Gasteiger partial charge in [0.25, 0.3) is 0 Å². The molecule has 0 spiro atoms. The monoisotopic (exact) mass is 268 g/mol. The van der Waals surface area contributed by atoms with Gasteiger partial charge >= 0.3 is 6.09 Å². The highest BCUT2D eigenvalue weighted by atomic mass is 79.9. The third-order valence-electron chi connectivity index (χ3n) is 2.13. The van der Waals surface area contributed by atoms with Crippen molar-refractivity contribution in [2.24, 2.45) is 0 Å². The number of aromatic nitrogens is 1. The SMILES string of the molecule is O=C(O)Nn1ccc2cc(CBr)ccc21. The van der Waals surface area contributed by atoms with Crippen molar-refractivity contribution < 1.29 is 9.90 Å². The quantitative estimate of drug-likeness (QED) is 0.823. The first-order chi connectivity index (χ1) is 7.20. The number of hydrogen-bond donors (Lipinski definition) is 2. The van der Waals surface area contributed by atoms with Gasteiger partial charge in [0.05, 0.1) is 5.52 Å². The van der Waals surface area contributed by atoms with Crippen LogP contribution in [-0.4, -0.2) is 15.9 Å². The minimum absolute atomic E-state index is 0.792. The summed E-state index contributed by atoms with van der Waals surface area (Å²) in [6.07, 6.45) is 0.619. The van der Waals surface area contributed by atoms with Crippen molar-refractivity contribution in [1.82, 2.24) is 4.68 Å². The van der Waals surface area contributed by atoms with Gasteiger partial charge in [-0.05, 0) is 23.8 Å². The molecule has 0 aliphatic heterocycles. The van der Waals surface area contributed by atoms with Gasteiger partial charge in [-0.1, -0.05) is 22.0 Å². The van der Waals surface area contributed by atoms with Gasteiger partial charge in [0.15, 0.2) is 0 Å². The Kier molecular flexibility index (Phi) is 2.64. The van der Waals surface area contributed by atoms with E-state index < -0.39 is 6.09 Å². The lowest BCUT2D eigenvalue weighted by atomic mass is 10.2. The van der Waals surface area contributed by atoms with Gasteiger partial charge in [0.1, 0.15) is 0 Å². The Morgan fingerprint density at radius 1 is 1.47 bits per heavy atom. The summed E-state index contributed by atoms with van der Waals surface area (Å²) < 4.78 is 1.48. The van der Waals surface area contributed by atoms with Gasteiger partial charge < -0.3 is 5.11 Å². The van der Waals surface area contributed by atoms with E-state index in [1.54, 1.807) is 6.20 Å². The molecular weight excluding hydrogens is 260 g/mol. The topological polar surface area (TPSA) is 54.3 Å². The van der Waals surface area contributed by atoms with E-state index in [2.05, 4.69) is 21.4 Å². The second-order valence-corrected chi connectivity index (χ2v) is 3.69. The summed E-state index contributed by atoms with van der Waals surface area (Å²) >= 11 is 3.37. The molecule has 1 heterocycles. The molecule has 4 nitrogen and oxygen atoms in total. The second-order valence-electron chi connectivity index (χ2n) is 3.13. The van der Waals surface area contributed by atoms with Crippen LogP contribution in [0, 0.1) is 0 Å². The fourth-order valence-electron chi connectivity index (χ4n) is 1.48. The van der Waals surface area contributed by atoms with E-state index in [1.807, 2.05) is 24.3 Å². The Morgan fingerprint density at radius 3 is 2.93 bits per heavy atom. The summed E-state index contributed by atoms with van der Waals surface area (Å²) in [4.78, 5) is 10.5. The van der Waals surface area contributed by atoms with Gasteiger partial charge in [-0.3, -0.25) is 4.68 Å². The fraction of sp³-hybridized carbons (Fsp3) is 0.100. The molecule has 5 heteroatoms. The molecule has 0 saturated carbocycles. The van der Waals surface area contributed by atoms with Crippen molar-refractivity contribution in [2.75, 3.05) is 5.43 Å². The third-order valence-corrected chi connectivity index (χ3v) is 2.77. The highest BCUT2D eigenvalue weighted by Crippen LogP contribution is 2.18. The molecule has 0 unspecified atom stereocenters. The third kappa shape index (κ3) is 1.97. The first-order valence-corrected chi connectivity index (χ1v) is 5.49. The van der Waals surface area contributed by atoms with E-state index in [-0.39, 0.29) is 0 Å². The summed E-state index contributed by atoms with van der Waals surface area (Å²) in [6, 6.07) is 7.74. The van der Waals surface area contributed by atoms with Gasteiger partial charge in [0.2, 0.25) is 0 Å². The number of alkyl halides is 1. The first-order valence-electron chi connectivity index (χ1n) is 4.36. The molecular formula is C10H9BrN2O2. The molecule has 2 N–H and O–H groups in total. The predicted octanol–water partition coefficient (Wildman–Crippen LogP) is 2.76. The highest BCUT2D eigenvalue weighted by Gasteiger charge is 2.03. The molecule has 0 aliphatic rings. The van der Waals surface area contributed by atoms with E-state index in [1.165, 1.54) is 4.68 Å². The van der Waals surface area contributed by atoms with Crippen molar-refractivity contribution in [2.45, 2.75) is 5.33 Å². The lowest BCUT2D eigenvalue weighted by Gasteiger charge is -2.04. The van der Waals surface area contributed by atoms with Crippen LogP contribution in [0.2, 0.25) is 0 Å². The van der Waals surface area contributed by atoms with Crippen LogP contribution < -0.4 is 5.43 Å². The Bertz CT molecular complexity index is 507. The number of nitrogens with one attached hydrogen (secondary N) is 1. The number of carboxylic acid groups (broad SMARTS) is 1. The molecule has 15 heavy (non-hydrogen) atoms. The predicted molar refractivity (Wildman–Crippen MR) is 62.0 cm³/mol. The van der Waals surface area contributed by atoms with Crippen LogP contribution in [0.1, 0.15) is 5.56 Å². The van der Waals surface area contributed by atoms with Gasteiger partial charge in [-0.2, -0.15) is 0 Å². The van der Waals surface area contributed by atoms with Crippen molar-refractivity contribution >= 4 is 32.9 Å². The minimum atomic E-state index is -1.07. The molecule has 78 valence electrons. The van der Waals surface area contributed by atoms with Crippen molar-refractivity contribution in [1.29, 1.82) is 0 Å². The van der Waals surface area contributed by atoms with E-state index in [0.717, 1.165) is 21.8 Å². The average molecular weight is 269 g/mol. The van der Waals surface area contributed by atoms with Crippen molar-refractivity contribution in [3.63, 3.8) is 0 Å². The van der Waals surface area contributed by atoms with Crippen LogP contribution in [0.15, 0.2) is 30.5 Å². The maximum absolute atomic E-state index is 10.5. The molecule has 0 saturated heterocycles. The standard InChI is InChI=1S/C10H9BrN2O2/c11-6-7-1-2-9-8(5-7)3-4-13(9)12-10(14)15/h1-5,12H,6H2,(H,14,15). The van der Waals surface area contributed by atoms with Gasteiger partial charge in [-0.15, -0.1) is 0 Å². The number of carbonyl (C=O) groups is 1. The van der Waals surface area contributed by atoms with Crippen molar-refractivity contribution in [3.05, 3.63) is 36.0 Å². The Morgan fingerprint density at radius 2 is 2.27 bits per heavy atom. The maximum Gasteiger partial charge on any atom is 0.423 e. The smallest absolute Gasteiger partial charge is 0.423 e. The van der Waals surface area contributed by atoms with Crippen LogP contribution in [-0.2, 0) is 5.33 Å². The van der Waals surface area contributed by atoms with Crippen LogP contribution in [0.4, 0.5) is 4.79 Å². The molecule has 0 radical (unpaired) electrons. The normalized spacial score (nSPS) is 10.5. The minimum Gasteiger partial charge on any atom is -0.464 e. The van der Waals surface area contributed by atoms with Crippen LogP contribution in [0.25, 0.3) is 10.9 Å². The molecule has 1 aromatic heterocycles. The highest BCUT2D eigenvalue weighted by molar-refractivity contribution is 9.08. The molecule has 0 aliphatic carbocycles. The summed E-state index contributed by atoms with van der Waals surface area (Å²) in [5.41, 5.74) is 4.30. The van der Waals surface area contributed by atoms with Crippen molar-refractivity contribution in [3.8, 4) is 0 Å². The zero-order chi connectivity index (χ0) is 10.8. The van der Waals surface area contributed by atoms with E-state index >= 15 is 0 Å². The second kappa shape index (κ2) is 3.94. The number of rotatable bonds is 2. The molecule has 1 aromatic carbocycles. The number of hydrogen-bond acceptors (Lipinski definition) is 1. The summed E-state index contributed by atoms with van der Waals surface area (Å²) in [6.45, 7) is 0. The fourth-order valence-corrected chi connectivity index (χ4v) is 1.82. The van der Waals surface area contributed by atoms with E-state index in [0.29, 0.717) is 0 Å². The first kappa shape index (κ1) is 10.0. The lowest BCUT2D eigenvalue weighted by molar-refractivity contribution is 0.206. The average Bonchev–Trinajstić information content (AvgIpc) is 2.60. The number of nitrogens with zero attached hydrogens (tertiary/aromatic N) is 1. The molecule has 0 atom stereocenters. The summed E-state index contributed by atoms with van der Waals surface area (Å²) in [7, 11) is 0. The number of halogens is 1. The van der Waals surface area contributed by atoms with Gasteiger partial charge in [0, 0.05) is 16.9 Å². The molecule has 0 fully saturated rings. The zero-order valence-electron chi connectivity index (χ0n) is 7.77. The molecule has 0 bridgehead atoms. The summed E-state index contributed by atoms with van der Waals surface area (Å²) in [5, 5.41) is 10.4. The lowest BCUT2D eigenvalue weighted by Crippen LogP contribution is -2.19. The maximum atomic E-state index is 10.5. The zero-order valence-corrected chi connectivity index (χ0v) is 9.36. The van der Waals surface area contributed by atoms with Crippen LogP contribution >= 0.6 is 15.9 Å². The largest absolute Gasteiger partial charge is 0.464 e. The Labute approximate surface area is 94.6 Å². The number of benzene rings is 1. The van der Waals surface area contributed by atoms with Gasteiger partial charge in [-0.25, -0.2) is 10.2 Å². The van der Waals surface area contributed by atoms with Crippen LogP contribution in [0.3, 0.4) is 0 Å². The molecule has 2 rings (SSSR count). The molecule has 2 aromatic rings. The van der Waals surface area contributed by atoms with Crippen LogP contribution in [0.5, 0.6) is 0 Å². The number of amides is 1. The Hall–Kier alpha value is -1.49. The number of fused-ring (bicyclic) bond motifs is 1. The Balaban J connectivity index is 2.47. The molecule has 1 amide bonds. The summed E-state index contributed by atoms with van der Waals surface area (Å²) in [5.74, 6) is 0. The van der Waals surface area contributed by atoms with E-state index in [9.17, 15) is 4.79 Å².